The first-order valence-electron chi connectivity index (χ1n) is 7.39. The first-order chi connectivity index (χ1) is 11.5. The summed E-state index contributed by atoms with van der Waals surface area (Å²) < 4.78 is 19.6. The Bertz CT molecular complexity index is 720. The molecule has 0 saturated heterocycles. The van der Waals surface area contributed by atoms with Crippen molar-refractivity contribution in [3.05, 3.63) is 35.9 Å². The van der Waals surface area contributed by atoms with Gasteiger partial charge in [0.25, 0.3) is 5.91 Å². The van der Waals surface area contributed by atoms with E-state index in [2.05, 4.69) is 20.8 Å². The van der Waals surface area contributed by atoms with Crippen molar-refractivity contribution in [3.63, 3.8) is 0 Å². The van der Waals surface area contributed by atoms with Crippen LogP contribution in [0.5, 0.6) is 0 Å². The first kappa shape index (κ1) is 17.5. The highest BCUT2D eigenvalue weighted by Crippen LogP contribution is 2.17. The third kappa shape index (κ3) is 3.73. The zero-order chi connectivity index (χ0) is 17.7. The highest BCUT2D eigenvalue weighted by Gasteiger charge is 2.28. The molecule has 2 atom stereocenters. The molecule has 0 aliphatic rings. The molecule has 8 nitrogen and oxygen atoms in total. The minimum atomic E-state index is -0.836. The molecule has 0 bridgehead atoms. The van der Waals surface area contributed by atoms with Gasteiger partial charge in [-0.25, -0.2) is 9.18 Å². The molecule has 9 heteroatoms. The quantitative estimate of drug-likeness (QED) is 0.794. The molecule has 1 heterocycles. The maximum Gasteiger partial charge on any atom is 0.328 e. The fourth-order valence-electron chi connectivity index (χ4n) is 2.18. The van der Waals surface area contributed by atoms with Gasteiger partial charge in [0.15, 0.2) is 0 Å². The second-order valence-corrected chi connectivity index (χ2v) is 5.28. The van der Waals surface area contributed by atoms with Crippen LogP contribution in [0.4, 0.5) is 4.39 Å². The smallest absolute Gasteiger partial charge is 0.328 e. The Labute approximate surface area is 138 Å². The molecule has 0 radical (unpaired) electrons. The number of esters is 1. The van der Waals surface area contributed by atoms with E-state index < -0.39 is 23.7 Å². The molecular formula is C15H18FN5O3. The van der Waals surface area contributed by atoms with Crippen molar-refractivity contribution in [1.29, 1.82) is 0 Å². The van der Waals surface area contributed by atoms with Gasteiger partial charge in [-0.2, -0.15) is 4.68 Å². The molecule has 0 aliphatic carbocycles. The molecule has 1 N–H and O–H groups in total. The van der Waals surface area contributed by atoms with Crippen LogP contribution in [0, 0.1) is 11.7 Å². The van der Waals surface area contributed by atoms with Crippen LogP contribution in [0.15, 0.2) is 24.5 Å². The molecule has 24 heavy (non-hydrogen) atoms. The summed E-state index contributed by atoms with van der Waals surface area (Å²) in [5, 5.41) is 13.3. The van der Waals surface area contributed by atoms with Crippen LogP contribution in [0.2, 0.25) is 0 Å². The number of rotatable bonds is 6. The van der Waals surface area contributed by atoms with Crippen molar-refractivity contribution in [2.45, 2.75) is 26.3 Å². The zero-order valence-electron chi connectivity index (χ0n) is 13.6. The van der Waals surface area contributed by atoms with Gasteiger partial charge in [0.1, 0.15) is 18.2 Å². The number of nitrogens with zero attached hydrogens (tertiary/aromatic N) is 4. The third-order valence-electron chi connectivity index (χ3n) is 3.75. The Kier molecular flexibility index (Phi) is 5.56. The first-order valence-corrected chi connectivity index (χ1v) is 7.39. The van der Waals surface area contributed by atoms with Crippen LogP contribution in [-0.2, 0) is 9.53 Å². The second kappa shape index (κ2) is 7.62. The fourth-order valence-corrected chi connectivity index (χ4v) is 2.18. The third-order valence-corrected chi connectivity index (χ3v) is 3.75. The summed E-state index contributed by atoms with van der Waals surface area (Å²) in [6, 6.07) is 2.81. The van der Waals surface area contributed by atoms with Gasteiger partial charge >= 0.3 is 5.97 Å². The number of ether oxygens (including phenoxy) is 1. The summed E-state index contributed by atoms with van der Waals surface area (Å²) in [5.41, 5.74) is 0.311. The normalized spacial score (nSPS) is 13.2. The molecule has 1 amide bonds. The van der Waals surface area contributed by atoms with E-state index in [1.165, 1.54) is 30.3 Å². The van der Waals surface area contributed by atoms with Gasteiger partial charge in [0.05, 0.1) is 18.4 Å². The number of halogens is 1. The minimum absolute atomic E-state index is 0.0134. The largest absolute Gasteiger partial charge is 0.467 e. The SMILES string of the molecule is CC[C@@H](C)[C@@H](NC(=O)c1cc(F)ccc1-n1cnnn1)C(=O)OC. The molecule has 0 saturated carbocycles. The van der Waals surface area contributed by atoms with Crippen LogP contribution in [0.25, 0.3) is 5.69 Å². The lowest BCUT2D eigenvalue weighted by molar-refractivity contribution is -0.144. The maximum absolute atomic E-state index is 13.6. The molecule has 2 aromatic rings. The van der Waals surface area contributed by atoms with E-state index in [1.807, 2.05) is 13.8 Å². The summed E-state index contributed by atoms with van der Waals surface area (Å²) in [7, 11) is 1.25. The number of hydrogen-bond acceptors (Lipinski definition) is 6. The van der Waals surface area contributed by atoms with E-state index in [9.17, 15) is 14.0 Å². The van der Waals surface area contributed by atoms with Crippen molar-refractivity contribution < 1.29 is 18.7 Å². The monoisotopic (exact) mass is 335 g/mol. The van der Waals surface area contributed by atoms with Crippen LogP contribution in [0.1, 0.15) is 30.6 Å². The lowest BCUT2D eigenvalue weighted by Gasteiger charge is -2.22. The average molecular weight is 335 g/mol. The summed E-state index contributed by atoms with van der Waals surface area (Å²) in [4.78, 5) is 24.5. The number of carbonyl (C=O) groups excluding carboxylic acids is 2. The minimum Gasteiger partial charge on any atom is -0.467 e. The van der Waals surface area contributed by atoms with Crippen molar-refractivity contribution in [2.75, 3.05) is 7.11 Å². The molecule has 0 aliphatic heterocycles. The van der Waals surface area contributed by atoms with Gasteiger partial charge in [-0.05, 0) is 34.5 Å². The zero-order valence-corrected chi connectivity index (χ0v) is 13.6. The van der Waals surface area contributed by atoms with Crippen molar-refractivity contribution in [1.82, 2.24) is 25.5 Å². The average Bonchev–Trinajstić information content (AvgIpc) is 3.12. The molecule has 128 valence electrons. The number of benzene rings is 1. The number of aromatic nitrogens is 4. The van der Waals surface area contributed by atoms with Gasteiger partial charge in [-0.15, -0.1) is 5.10 Å². The predicted molar refractivity (Wildman–Crippen MR) is 81.8 cm³/mol. The van der Waals surface area contributed by atoms with Crippen LogP contribution in [-0.4, -0.2) is 45.2 Å². The number of amides is 1. The lowest BCUT2D eigenvalue weighted by atomic mass is 9.98. The topological polar surface area (TPSA) is 99.0 Å². The van der Waals surface area contributed by atoms with E-state index in [1.54, 1.807) is 0 Å². The Morgan fingerprint density at radius 3 is 2.75 bits per heavy atom. The summed E-state index contributed by atoms with van der Waals surface area (Å²) >= 11 is 0. The van der Waals surface area contributed by atoms with Crippen LogP contribution >= 0.6 is 0 Å². The van der Waals surface area contributed by atoms with E-state index in [0.717, 1.165) is 6.07 Å². The molecule has 2 rings (SSSR count). The van der Waals surface area contributed by atoms with Crippen molar-refractivity contribution in [3.8, 4) is 5.69 Å². The molecule has 0 unspecified atom stereocenters. The molecular weight excluding hydrogens is 317 g/mol. The van der Waals surface area contributed by atoms with Crippen molar-refractivity contribution in [2.24, 2.45) is 5.92 Å². The Balaban J connectivity index is 2.35. The summed E-state index contributed by atoms with van der Waals surface area (Å²) in [5.74, 6) is -1.91. The predicted octanol–water partition coefficient (Wildman–Crippen LogP) is 1.12. The Morgan fingerprint density at radius 1 is 1.42 bits per heavy atom. The molecule has 1 aromatic heterocycles. The Hall–Kier alpha value is -2.84. The van der Waals surface area contributed by atoms with E-state index in [4.69, 9.17) is 4.74 Å². The standard InChI is InChI=1S/C15H18FN5O3/c1-4-9(2)13(15(23)24-3)18-14(22)11-7-10(16)5-6-12(11)21-8-17-19-20-21/h5-9,13H,4H2,1-3H3,(H,18,22)/t9-,13-/m1/s1. The summed E-state index contributed by atoms with van der Waals surface area (Å²) in [6.07, 6.45) is 1.94. The Morgan fingerprint density at radius 2 is 2.17 bits per heavy atom. The van der Waals surface area contributed by atoms with Crippen molar-refractivity contribution >= 4 is 11.9 Å². The van der Waals surface area contributed by atoms with Gasteiger partial charge < -0.3 is 10.1 Å². The molecule has 0 spiro atoms. The summed E-state index contributed by atoms with van der Waals surface area (Å²) in [6.45, 7) is 3.71. The number of carbonyl (C=O) groups is 2. The highest BCUT2D eigenvalue weighted by atomic mass is 19.1. The van der Waals surface area contributed by atoms with Gasteiger partial charge in [0, 0.05) is 0 Å². The number of hydrogen-bond donors (Lipinski definition) is 1. The van der Waals surface area contributed by atoms with Gasteiger partial charge in [0.2, 0.25) is 0 Å². The highest BCUT2D eigenvalue weighted by molar-refractivity contribution is 5.99. The maximum atomic E-state index is 13.6. The second-order valence-electron chi connectivity index (χ2n) is 5.28. The van der Waals surface area contributed by atoms with Gasteiger partial charge in [-0.1, -0.05) is 20.3 Å². The molecule has 1 aromatic carbocycles. The van der Waals surface area contributed by atoms with E-state index in [-0.39, 0.29) is 11.5 Å². The number of nitrogens with one attached hydrogen (secondary N) is 1. The van der Waals surface area contributed by atoms with Crippen LogP contribution in [0.3, 0.4) is 0 Å². The lowest BCUT2D eigenvalue weighted by Crippen LogP contribution is -2.45. The molecule has 0 fully saturated rings. The van der Waals surface area contributed by atoms with Crippen LogP contribution < -0.4 is 5.32 Å². The van der Waals surface area contributed by atoms with E-state index in [0.29, 0.717) is 12.1 Å². The van der Waals surface area contributed by atoms with Gasteiger partial charge in [-0.3, -0.25) is 4.79 Å². The number of tetrazole rings is 1. The van der Waals surface area contributed by atoms with E-state index >= 15 is 0 Å². The number of methoxy groups -OCH3 is 1. The fraction of sp³-hybridized carbons (Fsp3) is 0.400.